The van der Waals surface area contributed by atoms with E-state index in [1.807, 2.05) is 20.2 Å². The fraction of sp³-hybridized carbons (Fsp3) is 0.375. The second-order valence-electron chi connectivity index (χ2n) is 2.89. The molecule has 1 aromatic heterocycles. The smallest absolute Gasteiger partial charge is 0.0695 e. The van der Waals surface area contributed by atoms with Crippen LogP contribution in [0.1, 0.15) is 18.5 Å². The van der Waals surface area contributed by atoms with Crippen molar-refractivity contribution in [2.45, 2.75) is 13.0 Å². The Kier molecular flexibility index (Phi) is 2.62. The number of nitrogens with two attached hydrogens (primary N) is 1. The fourth-order valence-corrected chi connectivity index (χ4v) is 1.11. The third kappa shape index (κ3) is 1.72. The minimum absolute atomic E-state index is 0.00120. The molecule has 0 aliphatic heterocycles. The van der Waals surface area contributed by atoms with Gasteiger partial charge in [0, 0.05) is 18.8 Å². The summed E-state index contributed by atoms with van der Waals surface area (Å²) in [5.41, 5.74) is 4.69. The van der Waals surface area contributed by atoms with Crippen LogP contribution >= 0.6 is 0 Å². The van der Waals surface area contributed by atoms with E-state index in [2.05, 4.69) is 17.1 Å². The third-order valence-electron chi connectivity index (χ3n) is 1.72. The monoisotopic (exact) mass is 166 g/mol. The largest absolute Gasteiger partial charge is 0.275 e. The summed E-state index contributed by atoms with van der Waals surface area (Å²) in [5.74, 6) is 5.37. The van der Waals surface area contributed by atoms with Gasteiger partial charge in [0.15, 0.2) is 0 Å². The van der Waals surface area contributed by atoms with Crippen LogP contribution in [-0.4, -0.2) is 9.78 Å². The van der Waals surface area contributed by atoms with Crippen molar-refractivity contribution in [1.82, 2.24) is 15.2 Å². The van der Waals surface area contributed by atoms with Gasteiger partial charge in [0.1, 0.15) is 0 Å². The summed E-state index contributed by atoms with van der Waals surface area (Å²) >= 11 is 0. The summed E-state index contributed by atoms with van der Waals surface area (Å²) in [6.07, 6.45) is 3.69. The Morgan fingerprint density at radius 2 is 2.50 bits per heavy atom. The molecule has 0 bridgehead atoms. The first-order valence-electron chi connectivity index (χ1n) is 3.75. The highest BCUT2D eigenvalue weighted by molar-refractivity contribution is 5.20. The molecule has 1 aromatic rings. The lowest BCUT2D eigenvalue weighted by molar-refractivity contribution is 0.626. The second-order valence-corrected chi connectivity index (χ2v) is 2.89. The fourth-order valence-electron chi connectivity index (χ4n) is 1.11. The Morgan fingerprint density at radius 1 is 1.83 bits per heavy atom. The van der Waals surface area contributed by atoms with Crippen molar-refractivity contribution in [2.75, 3.05) is 0 Å². The van der Waals surface area contributed by atoms with Gasteiger partial charge in [-0.2, -0.15) is 5.10 Å². The number of rotatable bonds is 3. The van der Waals surface area contributed by atoms with Gasteiger partial charge in [-0.15, -0.1) is 0 Å². The number of hydrogen-bond donors (Lipinski definition) is 2. The number of nitrogens with zero attached hydrogens (tertiary/aromatic N) is 2. The molecule has 1 heterocycles. The summed E-state index contributed by atoms with van der Waals surface area (Å²) in [4.78, 5) is 0. The van der Waals surface area contributed by atoms with Crippen LogP contribution in [0.3, 0.4) is 0 Å². The molecule has 4 nitrogen and oxygen atoms in total. The number of aryl methyl sites for hydroxylation is 1. The molecular formula is C8H14N4. The van der Waals surface area contributed by atoms with E-state index in [-0.39, 0.29) is 6.04 Å². The molecule has 1 atom stereocenters. The van der Waals surface area contributed by atoms with Crippen molar-refractivity contribution in [1.29, 1.82) is 0 Å². The standard InChI is InChI=1S/C8H14N4/c1-6(2)8(11-9)7-4-10-12(3)5-7/h4-5,8,11H,1,9H2,2-3H3. The van der Waals surface area contributed by atoms with Crippen molar-refractivity contribution < 1.29 is 0 Å². The molecule has 0 spiro atoms. The zero-order valence-electron chi connectivity index (χ0n) is 7.41. The predicted molar refractivity (Wildman–Crippen MR) is 48.1 cm³/mol. The molecule has 0 amide bonds. The Labute approximate surface area is 72.0 Å². The average molecular weight is 166 g/mol. The van der Waals surface area contributed by atoms with Gasteiger partial charge in [-0.25, -0.2) is 5.43 Å². The van der Waals surface area contributed by atoms with Crippen molar-refractivity contribution in [2.24, 2.45) is 12.9 Å². The first-order valence-corrected chi connectivity index (χ1v) is 3.75. The molecule has 0 aliphatic carbocycles. The van der Waals surface area contributed by atoms with Gasteiger partial charge in [0.05, 0.1) is 12.2 Å². The van der Waals surface area contributed by atoms with Crippen LogP contribution in [0.2, 0.25) is 0 Å². The highest BCUT2D eigenvalue weighted by atomic mass is 15.3. The molecule has 0 saturated carbocycles. The molecule has 1 rings (SSSR count). The van der Waals surface area contributed by atoms with E-state index in [0.29, 0.717) is 0 Å². The van der Waals surface area contributed by atoms with Crippen LogP contribution in [0, 0.1) is 0 Å². The molecule has 0 fully saturated rings. The normalized spacial score (nSPS) is 12.9. The molecule has 1 unspecified atom stereocenters. The summed E-state index contributed by atoms with van der Waals surface area (Å²) in [6, 6.07) is -0.00120. The maximum atomic E-state index is 5.37. The van der Waals surface area contributed by atoms with Crippen LogP contribution in [0.25, 0.3) is 0 Å². The van der Waals surface area contributed by atoms with Gasteiger partial charge in [-0.05, 0) is 6.92 Å². The van der Waals surface area contributed by atoms with Crippen molar-refractivity contribution in [3.63, 3.8) is 0 Å². The van der Waals surface area contributed by atoms with Crippen LogP contribution in [-0.2, 0) is 7.05 Å². The number of aromatic nitrogens is 2. The lowest BCUT2D eigenvalue weighted by Gasteiger charge is -2.12. The van der Waals surface area contributed by atoms with Gasteiger partial charge in [-0.3, -0.25) is 10.5 Å². The minimum atomic E-state index is -0.00120. The van der Waals surface area contributed by atoms with Gasteiger partial charge < -0.3 is 0 Å². The molecule has 3 N–H and O–H groups in total. The van der Waals surface area contributed by atoms with Crippen LogP contribution < -0.4 is 11.3 Å². The third-order valence-corrected chi connectivity index (χ3v) is 1.72. The van der Waals surface area contributed by atoms with E-state index >= 15 is 0 Å². The first-order chi connectivity index (χ1) is 5.65. The number of hydrogen-bond acceptors (Lipinski definition) is 3. The summed E-state index contributed by atoms with van der Waals surface area (Å²) in [7, 11) is 1.87. The SMILES string of the molecule is C=C(C)C(NN)c1cnn(C)c1. The van der Waals surface area contributed by atoms with Crippen LogP contribution in [0.4, 0.5) is 0 Å². The highest BCUT2D eigenvalue weighted by Gasteiger charge is 2.10. The van der Waals surface area contributed by atoms with Gasteiger partial charge in [0.25, 0.3) is 0 Å². The molecule has 66 valence electrons. The maximum absolute atomic E-state index is 5.37. The lowest BCUT2D eigenvalue weighted by Crippen LogP contribution is -2.28. The lowest BCUT2D eigenvalue weighted by atomic mass is 10.1. The van der Waals surface area contributed by atoms with Crippen LogP contribution in [0.5, 0.6) is 0 Å². The molecule has 0 aliphatic rings. The van der Waals surface area contributed by atoms with Gasteiger partial charge in [-0.1, -0.05) is 12.2 Å². The molecule has 12 heavy (non-hydrogen) atoms. The van der Waals surface area contributed by atoms with Crippen molar-refractivity contribution >= 4 is 0 Å². The first kappa shape index (κ1) is 8.96. The zero-order valence-corrected chi connectivity index (χ0v) is 7.41. The molecule has 4 heteroatoms. The number of nitrogens with one attached hydrogen (secondary N) is 1. The van der Waals surface area contributed by atoms with E-state index in [0.717, 1.165) is 11.1 Å². The second kappa shape index (κ2) is 3.51. The summed E-state index contributed by atoms with van der Waals surface area (Å²) < 4.78 is 1.74. The maximum Gasteiger partial charge on any atom is 0.0695 e. The molecular weight excluding hydrogens is 152 g/mol. The van der Waals surface area contributed by atoms with Gasteiger partial charge >= 0.3 is 0 Å². The summed E-state index contributed by atoms with van der Waals surface area (Å²) in [6.45, 7) is 5.76. The van der Waals surface area contributed by atoms with E-state index < -0.39 is 0 Å². The van der Waals surface area contributed by atoms with E-state index in [9.17, 15) is 0 Å². The van der Waals surface area contributed by atoms with E-state index in [1.165, 1.54) is 0 Å². The Hall–Kier alpha value is -1.13. The zero-order chi connectivity index (χ0) is 9.14. The number of hydrazine groups is 1. The minimum Gasteiger partial charge on any atom is -0.275 e. The molecule has 0 saturated heterocycles. The highest BCUT2D eigenvalue weighted by Crippen LogP contribution is 2.17. The Bertz CT molecular complexity index is 276. The van der Waals surface area contributed by atoms with Crippen LogP contribution in [0.15, 0.2) is 24.5 Å². The van der Waals surface area contributed by atoms with Crippen molar-refractivity contribution in [3.05, 3.63) is 30.1 Å². The molecule has 0 radical (unpaired) electrons. The average Bonchev–Trinajstić information content (AvgIpc) is 2.37. The van der Waals surface area contributed by atoms with Crippen molar-refractivity contribution in [3.8, 4) is 0 Å². The van der Waals surface area contributed by atoms with E-state index in [4.69, 9.17) is 5.84 Å². The molecule has 0 aromatic carbocycles. The topological polar surface area (TPSA) is 55.9 Å². The summed E-state index contributed by atoms with van der Waals surface area (Å²) in [5, 5.41) is 4.05. The van der Waals surface area contributed by atoms with E-state index in [1.54, 1.807) is 10.9 Å². The predicted octanol–water partition coefficient (Wildman–Crippen LogP) is 0.501. The quantitative estimate of drug-likeness (QED) is 0.390. The Morgan fingerprint density at radius 3 is 2.83 bits per heavy atom. The van der Waals surface area contributed by atoms with Gasteiger partial charge in [0.2, 0.25) is 0 Å². The Balaban J connectivity index is 2.87.